The summed E-state index contributed by atoms with van der Waals surface area (Å²) < 4.78 is 5.31. The molecule has 0 saturated carbocycles. The molecular weight excluding hydrogens is 356 g/mol. The minimum Gasteiger partial charge on any atom is -0.454 e. The molecule has 0 aliphatic carbocycles. The molecule has 0 unspecified atom stereocenters. The van der Waals surface area contributed by atoms with Crippen molar-refractivity contribution in [2.45, 2.75) is 13.5 Å². The number of hydrogen-bond acceptors (Lipinski definition) is 8. The second kappa shape index (κ2) is 8.34. The Labute approximate surface area is 163 Å². The van der Waals surface area contributed by atoms with Gasteiger partial charge >= 0.3 is 5.97 Å². The van der Waals surface area contributed by atoms with Gasteiger partial charge in [-0.1, -0.05) is 18.2 Å². The third-order valence-electron chi connectivity index (χ3n) is 4.04. The van der Waals surface area contributed by atoms with Crippen LogP contribution in [0.25, 0.3) is 0 Å². The Morgan fingerprint density at radius 2 is 1.79 bits per heavy atom. The second-order valence-electron chi connectivity index (χ2n) is 6.39. The van der Waals surface area contributed by atoms with E-state index in [1.54, 1.807) is 12.1 Å². The van der Waals surface area contributed by atoms with Gasteiger partial charge in [-0.3, -0.25) is 0 Å². The molecule has 0 fully saturated rings. The van der Waals surface area contributed by atoms with Crippen LogP contribution in [-0.4, -0.2) is 35.0 Å². The van der Waals surface area contributed by atoms with Crippen molar-refractivity contribution in [1.82, 2.24) is 15.0 Å². The molecule has 3 rings (SSSR count). The third-order valence-corrected chi connectivity index (χ3v) is 4.04. The number of anilines is 4. The van der Waals surface area contributed by atoms with Gasteiger partial charge in [-0.15, -0.1) is 0 Å². The summed E-state index contributed by atoms with van der Waals surface area (Å²) in [5.74, 6) is 0.148. The van der Waals surface area contributed by atoms with Crippen LogP contribution in [0.5, 0.6) is 0 Å². The molecule has 0 spiro atoms. The average Bonchev–Trinajstić information content (AvgIpc) is 2.67. The first-order valence-electron chi connectivity index (χ1n) is 8.70. The van der Waals surface area contributed by atoms with Crippen molar-refractivity contribution >= 4 is 29.2 Å². The first-order valence-corrected chi connectivity index (χ1v) is 8.70. The standard InChI is InChI=1S/C20H22N6O2/c1-13-6-4-5-7-16(13)22-20-24-17(23-19(21)25-20)12-28-18(27)14-8-10-15(11-9-14)26(2)3/h4-11H,12H2,1-3H3,(H3,21,22,23,24,25). The van der Waals surface area contributed by atoms with Gasteiger partial charge in [0.25, 0.3) is 0 Å². The zero-order chi connectivity index (χ0) is 20.1. The molecule has 0 amide bonds. The van der Waals surface area contributed by atoms with E-state index in [4.69, 9.17) is 10.5 Å². The van der Waals surface area contributed by atoms with Crippen LogP contribution in [0.1, 0.15) is 21.7 Å². The Balaban J connectivity index is 1.68. The SMILES string of the molecule is Cc1ccccc1Nc1nc(N)nc(COC(=O)c2ccc(N(C)C)cc2)n1. The van der Waals surface area contributed by atoms with Gasteiger partial charge in [0.1, 0.15) is 0 Å². The van der Waals surface area contributed by atoms with Crippen LogP contribution in [0.15, 0.2) is 48.5 Å². The predicted octanol–water partition coefficient (Wildman–Crippen LogP) is 2.93. The summed E-state index contributed by atoms with van der Waals surface area (Å²) in [6.07, 6.45) is 0. The number of nitrogens with one attached hydrogen (secondary N) is 1. The molecule has 0 aliphatic rings. The molecule has 8 heteroatoms. The zero-order valence-electron chi connectivity index (χ0n) is 16.0. The molecule has 8 nitrogen and oxygen atoms in total. The summed E-state index contributed by atoms with van der Waals surface area (Å²) in [5, 5.41) is 3.10. The summed E-state index contributed by atoms with van der Waals surface area (Å²) in [7, 11) is 3.86. The number of nitrogens with zero attached hydrogens (tertiary/aromatic N) is 4. The van der Waals surface area contributed by atoms with Crippen molar-refractivity contribution in [1.29, 1.82) is 0 Å². The molecule has 144 valence electrons. The third kappa shape index (κ3) is 4.73. The highest BCUT2D eigenvalue weighted by molar-refractivity contribution is 5.89. The number of aromatic nitrogens is 3. The second-order valence-corrected chi connectivity index (χ2v) is 6.39. The van der Waals surface area contributed by atoms with Crippen molar-refractivity contribution in [3.8, 4) is 0 Å². The molecule has 0 saturated heterocycles. The Morgan fingerprint density at radius 3 is 2.46 bits per heavy atom. The first kappa shape index (κ1) is 19.1. The highest BCUT2D eigenvalue weighted by Gasteiger charge is 2.11. The van der Waals surface area contributed by atoms with Crippen LogP contribution in [0.3, 0.4) is 0 Å². The number of esters is 1. The Morgan fingerprint density at radius 1 is 1.07 bits per heavy atom. The van der Waals surface area contributed by atoms with Gasteiger partial charge < -0.3 is 20.7 Å². The van der Waals surface area contributed by atoms with Crippen molar-refractivity contribution in [3.05, 3.63) is 65.5 Å². The lowest BCUT2D eigenvalue weighted by atomic mass is 10.2. The number of nitrogen functional groups attached to an aromatic ring is 1. The molecule has 0 bridgehead atoms. The van der Waals surface area contributed by atoms with Crippen LogP contribution in [0.4, 0.5) is 23.3 Å². The largest absolute Gasteiger partial charge is 0.454 e. The maximum atomic E-state index is 12.3. The maximum absolute atomic E-state index is 12.3. The summed E-state index contributed by atoms with van der Waals surface area (Å²) in [5.41, 5.74) is 9.11. The highest BCUT2D eigenvalue weighted by Crippen LogP contribution is 2.18. The van der Waals surface area contributed by atoms with Gasteiger partial charge in [0.2, 0.25) is 11.9 Å². The van der Waals surface area contributed by atoms with Crippen molar-refractivity contribution in [2.75, 3.05) is 30.0 Å². The minimum atomic E-state index is -0.460. The van der Waals surface area contributed by atoms with Crippen LogP contribution in [0.2, 0.25) is 0 Å². The van der Waals surface area contributed by atoms with Crippen LogP contribution < -0.4 is 16.0 Å². The number of carbonyl (C=O) groups is 1. The van der Waals surface area contributed by atoms with Gasteiger partial charge in [0.15, 0.2) is 12.4 Å². The van der Waals surface area contributed by atoms with Crippen molar-refractivity contribution < 1.29 is 9.53 Å². The van der Waals surface area contributed by atoms with Crippen molar-refractivity contribution in [3.63, 3.8) is 0 Å². The Hall–Kier alpha value is -3.68. The van der Waals surface area contributed by atoms with E-state index >= 15 is 0 Å². The van der Waals surface area contributed by atoms with E-state index in [1.165, 1.54) is 0 Å². The number of nitrogens with two attached hydrogens (primary N) is 1. The molecule has 0 radical (unpaired) electrons. The zero-order valence-corrected chi connectivity index (χ0v) is 16.0. The summed E-state index contributed by atoms with van der Waals surface area (Å²) in [6, 6.07) is 14.9. The Bertz CT molecular complexity index is 973. The smallest absolute Gasteiger partial charge is 0.338 e. The van der Waals surface area contributed by atoms with Gasteiger partial charge in [0.05, 0.1) is 5.56 Å². The first-order chi connectivity index (χ1) is 13.4. The molecule has 0 aliphatic heterocycles. The fourth-order valence-corrected chi connectivity index (χ4v) is 2.50. The quantitative estimate of drug-likeness (QED) is 0.631. The predicted molar refractivity (Wildman–Crippen MR) is 109 cm³/mol. The van der Waals surface area contributed by atoms with E-state index in [2.05, 4.69) is 20.3 Å². The summed E-state index contributed by atoms with van der Waals surface area (Å²) in [4.78, 5) is 26.6. The lowest BCUT2D eigenvalue weighted by molar-refractivity contribution is 0.0462. The lowest BCUT2D eigenvalue weighted by Crippen LogP contribution is -2.12. The molecular formula is C20H22N6O2. The van der Waals surface area contributed by atoms with Gasteiger partial charge in [-0.25, -0.2) is 4.79 Å². The van der Waals surface area contributed by atoms with E-state index in [9.17, 15) is 4.79 Å². The fraction of sp³-hybridized carbons (Fsp3) is 0.200. The molecule has 0 atom stereocenters. The van der Waals surface area contributed by atoms with E-state index in [0.717, 1.165) is 16.9 Å². The van der Waals surface area contributed by atoms with E-state index in [-0.39, 0.29) is 18.4 Å². The molecule has 1 heterocycles. The number of carbonyl (C=O) groups excluding carboxylic acids is 1. The van der Waals surface area contributed by atoms with Gasteiger partial charge in [-0.05, 0) is 42.8 Å². The highest BCUT2D eigenvalue weighted by atomic mass is 16.5. The summed E-state index contributed by atoms with van der Waals surface area (Å²) in [6.45, 7) is 1.86. The molecule has 3 aromatic rings. The maximum Gasteiger partial charge on any atom is 0.338 e. The molecule has 3 N–H and O–H groups in total. The number of ether oxygens (including phenoxy) is 1. The average molecular weight is 378 g/mol. The fourth-order valence-electron chi connectivity index (χ4n) is 2.50. The number of hydrogen-bond donors (Lipinski definition) is 2. The van der Waals surface area contributed by atoms with Gasteiger partial charge in [-0.2, -0.15) is 15.0 Å². The van der Waals surface area contributed by atoms with E-state index in [1.807, 2.05) is 62.3 Å². The van der Waals surface area contributed by atoms with E-state index < -0.39 is 5.97 Å². The number of benzene rings is 2. The molecule has 28 heavy (non-hydrogen) atoms. The number of para-hydroxylation sites is 1. The monoisotopic (exact) mass is 378 g/mol. The molecule has 1 aromatic heterocycles. The number of rotatable bonds is 6. The Kier molecular flexibility index (Phi) is 5.69. The van der Waals surface area contributed by atoms with Crippen molar-refractivity contribution in [2.24, 2.45) is 0 Å². The normalized spacial score (nSPS) is 10.4. The van der Waals surface area contributed by atoms with Crippen LogP contribution in [0, 0.1) is 6.92 Å². The van der Waals surface area contributed by atoms with Crippen LogP contribution >= 0.6 is 0 Å². The summed E-state index contributed by atoms with van der Waals surface area (Å²) >= 11 is 0. The lowest BCUT2D eigenvalue weighted by Gasteiger charge is -2.12. The molecule has 2 aromatic carbocycles. The number of aryl methyl sites for hydroxylation is 1. The van der Waals surface area contributed by atoms with Crippen LogP contribution in [-0.2, 0) is 11.3 Å². The van der Waals surface area contributed by atoms with E-state index in [0.29, 0.717) is 11.5 Å². The topological polar surface area (TPSA) is 106 Å². The van der Waals surface area contributed by atoms with Gasteiger partial charge in [0, 0.05) is 25.5 Å². The minimum absolute atomic E-state index is 0.0486.